The molecule has 0 amide bonds. The Bertz CT molecular complexity index is 882. The highest BCUT2D eigenvalue weighted by Gasteiger charge is 2.16. The summed E-state index contributed by atoms with van der Waals surface area (Å²) in [5, 5.41) is 2.76. The molecule has 0 radical (unpaired) electrons. The van der Waals surface area contributed by atoms with E-state index in [4.69, 9.17) is 4.98 Å². The molecule has 0 bridgehead atoms. The lowest BCUT2D eigenvalue weighted by atomic mass is 10.1. The molecule has 5 heteroatoms. The molecular weight excluding hydrogens is 324 g/mol. The van der Waals surface area contributed by atoms with E-state index in [-0.39, 0.29) is 11.6 Å². The topological polar surface area (TPSA) is 34.9 Å². The van der Waals surface area contributed by atoms with Crippen molar-refractivity contribution in [2.75, 3.05) is 0 Å². The Morgan fingerprint density at radius 2 is 2.09 bits per heavy atom. The third-order valence-corrected chi connectivity index (χ3v) is 6.02. The molecule has 0 fully saturated rings. The molecular formula is C18H20N2OS2. The van der Waals surface area contributed by atoms with Crippen LogP contribution in [0.3, 0.4) is 0 Å². The second-order valence-electron chi connectivity index (χ2n) is 5.68. The van der Waals surface area contributed by atoms with Crippen molar-refractivity contribution in [3.63, 3.8) is 0 Å². The number of aryl methyl sites for hydroxylation is 1. The van der Waals surface area contributed by atoms with E-state index >= 15 is 0 Å². The fourth-order valence-electron chi connectivity index (χ4n) is 2.49. The molecule has 3 aromatic rings. The molecule has 0 unspecified atom stereocenters. The highest BCUT2D eigenvalue weighted by atomic mass is 32.2. The van der Waals surface area contributed by atoms with E-state index in [1.807, 2.05) is 22.1 Å². The fraction of sp³-hybridized carbons (Fsp3) is 0.333. The largest absolute Gasteiger partial charge is 0.284 e. The van der Waals surface area contributed by atoms with Crippen LogP contribution in [-0.4, -0.2) is 9.55 Å². The highest BCUT2D eigenvalue weighted by Crippen LogP contribution is 2.27. The minimum absolute atomic E-state index is 0.0895. The molecule has 23 heavy (non-hydrogen) atoms. The third-order valence-electron chi connectivity index (χ3n) is 4.13. The van der Waals surface area contributed by atoms with Gasteiger partial charge >= 0.3 is 0 Å². The average Bonchev–Trinajstić information content (AvgIpc) is 3.02. The molecule has 3 nitrogen and oxygen atoms in total. The lowest BCUT2D eigenvalue weighted by molar-refractivity contribution is 0.468. The average molecular weight is 345 g/mol. The Labute approximate surface area is 144 Å². The van der Waals surface area contributed by atoms with E-state index < -0.39 is 0 Å². The van der Waals surface area contributed by atoms with Crippen LogP contribution in [0.1, 0.15) is 37.4 Å². The molecule has 120 valence electrons. The van der Waals surface area contributed by atoms with Gasteiger partial charge in [0.05, 0.1) is 5.52 Å². The van der Waals surface area contributed by atoms with Gasteiger partial charge in [-0.25, -0.2) is 4.98 Å². The van der Waals surface area contributed by atoms with Crippen molar-refractivity contribution in [3.8, 4) is 0 Å². The van der Waals surface area contributed by atoms with Gasteiger partial charge in [0.25, 0.3) is 5.56 Å². The van der Waals surface area contributed by atoms with Gasteiger partial charge in [-0.2, -0.15) is 0 Å². The quantitative estimate of drug-likeness (QED) is 0.481. The number of rotatable bonds is 5. The van der Waals surface area contributed by atoms with Gasteiger partial charge in [0, 0.05) is 11.8 Å². The summed E-state index contributed by atoms with van der Waals surface area (Å²) in [6.07, 6.45) is 0.913. The van der Waals surface area contributed by atoms with E-state index in [1.54, 1.807) is 11.8 Å². The van der Waals surface area contributed by atoms with Crippen LogP contribution in [0.2, 0.25) is 0 Å². The Hall–Kier alpha value is -1.59. The van der Waals surface area contributed by atoms with Crippen LogP contribution >= 0.6 is 23.1 Å². The summed E-state index contributed by atoms with van der Waals surface area (Å²) in [6.45, 7) is 6.30. The summed E-state index contributed by atoms with van der Waals surface area (Å²) in [5.74, 6) is 0.825. The number of nitrogens with zero attached hydrogens (tertiary/aromatic N) is 2. The first-order valence-corrected chi connectivity index (χ1v) is 9.65. The fourth-order valence-corrected chi connectivity index (χ4v) is 4.43. The summed E-state index contributed by atoms with van der Waals surface area (Å²) in [6, 6.07) is 10.4. The number of hydrogen-bond donors (Lipinski definition) is 0. The van der Waals surface area contributed by atoms with Crippen LogP contribution in [0.4, 0.5) is 0 Å². The Morgan fingerprint density at radius 1 is 1.30 bits per heavy atom. The minimum Gasteiger partial charge on any atom is -0.284 e. The van der Waals surface area contributed by atoms with Crippen molar-refractivity contribution < 1.29 is 0 Å². The molecule has 3 rings (SSSR count). The second kappa shape index (κ2) is 6.89. The summed E-state index contributed by atoms with van der Waals surface area (Å²) in [4.78, 5) is 17.6. The van der Waals surface area contributed by atoms with Gasteiger partial charge in [0.1, 0.15) is 4.70 Å². The monoisotopic (exact) mass is 344 g/mol. The minimum atomic E-state index is 0.0895. The SMILES string of the molecule is CC[C@@H](C)n1c(SCc2ccccc2C)nc2ccsc2c1=O. The van der Waals surface area contributed by atoms with Crippen molar-refractivity contribution in [3.05, 3.63) is 57.2 Å². The first kappa shape index (κ1) is 16.3. The van der Waals surface area contributed by atoms with Gasteiger partial charge in [-0.3, -0.25) is 9.36 Å². The predicted octanol–water partition coefficient (Wildman–Crippen LogP) is 5.03. The lowest BCUT2D eigenvalue weighted by Gasteiger charge is -2.17. The Kier molecular flexibility index (Phi) is 4.87. The molecule has 0 aliphatic heterocycles. The standard InChI is InChI=1S/C18H20N2OS2/c1-4-13(3)20-17(21)16-15(9-10-22-16)19-18(20)23-11-14-8-6-5-7-12(14)2/h5-10,13H,4,11H2,1-3H3/t13-/m1/s1. The molecule has 2 heterocycles. The summed E-state index contributed by atoms with van der Waals surface area (Å²) >= 11 is 3.12. The van der Waals surface area contributed by atoms with Gasteiger partial charge in [-0.05, 0) is 42.8 Å². The van der Waals surface area contributed by atoms with Gasteiger partial charge < -0.3 is 0 Å². The van der Waals surface area contributed by atoms with E-state index in [0.717, 1.165) is 27.5 Å². The Morgan fingerprint density at radius 3 is 2.83 bits per heavy atom. The second-order valence-corrected chi connectivity index (χ2v) is 7.54. The zero-order valence-electron chi connectivity index (χ0n) is 13.6. The first-order chi connectivity index (χ1) is 11.1. The van der Waals surface area contributed by atoms with Gasteiger partial charge in [-0.1, -0.05) is 43.0 Å². The maximum Gasteiger partial charge on any atom is 0.272 e. The zero-order valence-corrected chi connectivity index (χ0v) is 15.2. The molecule has 0 N–H and O–H groups in total. The van der Waals surface area contributed by atoms with Gasteiger partial charge in [0.15, 0.2) is 5.16 Å². The lowest BCUT2D eigenvalue weighted by Crippen LogP contribution is -2.25. The van der Waals surface area contributed by atoms with Crippen LogP contribution in [0.25, 0.3) is 10.2 Å². The molecule has 0 aliphatic carbocycles. The number of fused-ring (bicyclic) bond motifs is 1. The van der Waals surface area contributed by atoms with Crippen molar-refractivity contribution in [2.24, 2.45) is 0 Å². The third kappa shape index (κ3) is 3.21. The number of thiophene rings is 1. The normalized spacial score (nSPS) is 12.7. The van der Waals surface area contributed by atoms with E-state index in [9.17, 15) is 4.79 Å². The van der Waals surface area contributed by atoms with Crippen LogP contribution < -0.4 is 5.56 Å². The van der Waals surface area contributed by atoms with Crippen molar-refractivity contribution in [1.82, 2.24) is 9.55 Å². The van der Waals surface area contributed by atoms with Gasteiger partial charge in [0.2, 0.25) is 0 Å². The predicted molar refractivity (Wildman–Crippen MR) is 99.6 cm³/mol. The van der Waals surface area contributed by atoms with E-state index in [1.165, 1.54) is 22.5 Å². The number of hydrogen-bond acceptors (Lipinski definition) is 4. The molecule has 1 aromatic carbocycles. The first-order valence-electron chi connectivity index (χ1n) is 7.78. The van der Waals surface area contributed by atoms with Crippen LogP contribution in [-0.2, 0) is 5.75 Å². The molecule has 0 spiro atoms. The van der Waals surface area contributed by atoms with Crippen LogP contribution in [0.15, 0.2) is 45.7 Å². The van der Waals surface area contributed by atoms with E-state index in [2.05, 4.69) is 39.0 Å². The zero-order chi connectivity index (χ0) is 16.4. The number of thioether (sulfide) groups is 1. The Balaban J connectivity index is 2.02. The smallest absolute Gasteiger partial charge is 0.272 e. The summed E-state index contributed by atoms with van der Waals surface area (Å²) in [7, 11) is 0. The molecule has 2 aromatic heterocycles. The molecule has 0 saturated carbocycles. The van der Waals surface area contributed by atoms with Crippen molar-refractivity contribution in [2.45, 2.75) is 44.1 Å². The maximum atomic E-state index is 12.8. The van der Waals surface area contributed by atoms with Crippen molar-refractivity contribution >= 4 is 33.3 Å². The van der Waals surface area contributed by atoms with E-state index in [0.29, 0.717) is 0 Å². The van der Waals surface area contributed by atoms with Crippen molar-refractivity contribution in [1.29, 1.82) is 0 Å². The maximum absolute atomic E-state index is 12.8. The summed E-state index contributed by atoms with van der Waals surface area (Å²) < 4.78 is 2.62. The molecule has 0 saturated heterocycles. The number of benzene rings is 1. The van der Waals surface area contributed by atoms with Crippen LogP contribution in [0.5, 0.6) is 0 Å². The molecule has 0 aliphatic rings. The number of aromatic nitrogens is 2. The molecule has 1 atom stereocenters. The highest BCUT2D eigenvalue weighted by molar-refractivity contribution is 7.98. The van der Waals surface area contributed by atoms with Crippen LogP contribution in [0, 0.1) is 6.92 Å². The van der Waals surface area contributed by atoms with Gasteiger partial charge in [-0.15, -0.1) is 11.3 Å². The summed E-state index contributed by atoms with van der Waals surface area (Å²) in [5.41, 5.74) is 3.46.